The lowest BCUT2D eigenvalue weighted by molar-refractivity contribution is -0.119. The van der Waals surface area contributed by atoms with Crippen LogP contribution in [0.3, 0.4) is 0 Å². The number of thioether (sulfide) groups is 1. The maximum absolute atomic E-state index is 11.7. The molecule has 0 fully saturated rings. The van der Waals surface area contributed by atoms with E-state index in [4.69, 9.17) is 0 Å². The molecule has 0 bridgehead atoms. The molecule has 1 amide bonds. The minimum absolute atomic E-state index is 0.0131. The Morgan fingerprint density at radius 1 is 1.62 bits per heavy atom. The first kappa shape index (κ1) is 13.9. The summed E-state index contributed by atoms with van der Waals surface area (Å²) in [7, 11) is 0. The Bertz CT molecular complexity index is 345. The highest BCUT2D eigenvalue weighted by molar-refractivity contribution is 9.09. The lowest BCUT2D eigenvalue weighted by Gasteiger charge is -2.08. The molecule has 1 aromatic heterocycles. The Morgan fingerprint density at radius 3 is 2.94 bits per heavy atom. The predicted molar refractivity (Wildman–Crippen MR) is 72.5 cm³/mol. The monoisotopic (exact) mass is 323 g/mol. The summed E-state index contributed by atoms with van der Waals surface area (Å²) in [5.74, 6) is 0.0314. The Morgan fingerprint density at radius 2 is 2.38 bits per heavy atom. The molecular weight excluding hydrogens is 310 g/mol. The van der Waals surface area contributed by atoms with Crippen LogP contribution in [-0.2, 0) is 4.79 Å². The third-order valence-electron chi connectivity index (χ3n) is 2.03. The topological polar surface area (TPSA) is 54.9 Å². The van der Waals surface area contributed by atoms with E-state index in [9.17, 15) is 4.79 Å². The Kier molecular flexibility index (Phi) is 6.30. The number of alkyl halides is 1. The molecule has 90 valence electrons. The van der Waals surface area contributed by atoms with Crippen LogP contribution in [0.4, 0.5) is 5.13 Å². The second-order valence-corrected chi connectivity index (χ2v) is 6.12. The number of anilines is 1. The van der Waals surface area contributed by atoms with E-state index in [0.29, 0.717) is 5.13 Å². The standard InChI is InChI=1S/C9H14BrN3OS2/c1-6(4-3-5-10)7(14)11-8-12-13-9(15-2)16-8/h6H,3-5H2,1-2H3,(H,11,12,14). The van der Waals surface area contributed by atoms with Gasteiger partial charge in [0.25, 0.3) is 0 Å². The summed E-state index contributed by atoms with van der Waals surface area (Å²) < 4.78 is 0.864. The average molecular weight is 324 g/mol. The Balaban J connectivity index is 2.44. The SMILES string of the molecule is CSc1nnc(NC(=O)C(C)CCCBr)s1. The van der Waals surface area contributed by atoms with Gasteiger partial charge in [0.1, 0.15) is 0 Å². The van der Waals surface area contributed by atoms with Crippen LogP contribution in [-0.4, -0.2) is 27.7 Å². The van der Waals surface area contributed by atoms with Crippen LogP contribution < -0.4 is 5.32 Å². The van der Waals surface area contributed by atoms with Crippen molar-refractivity contribution in [3.8, 4) is 0 Å². The Hall–Kier alpha value is -0.140. The molecule has 1 unspecified atom stereocenters. The van der Waals surface area contributed by atoms with Gasteiger partial charge in [-0.1, -0.05) is 46.0 Å². The lowest BCUT2D eigenvalue weighted by atomic mass is 10.1. The number of halogens is 1. The third-order valence-corrected chi connectivity index (χ3v) is 4.40. The zero-order valence-electron chi connectivity index (χ0n) is 9.20. The number of rotatable bonds is 6. The molecule has 1 N–H and O–H groups in total. The molecule has 16 heavy (non-hydrogen) atoms. The summed E-state index contributed by atoms with van der Waals surface area (Å²) in [5, 5.41) is 12.1. The predicted octanol–water partition coefficient (Wildman–Crippen LogP) is 3.01. The van der Waals surface area contributed by atoms with E-state index in [1.807, 2.05) is 13.2 Å². The fraction of sp³-hybridized carbons (Fsp3) is 0.667. The van der Waals surface area contributed by atoms with Crippen LogP contribution in [0.5, 0.6) is 0 Å². The lowest BCUT2D eigenvalue weighted by Crippen LogP contribution is -2.20. The van der Waals surface area contributed by atoms with Gasteiger partial charge in [-0.2, -0.15) is 0 Å². The van der Waals surface area contributed by atoms with Gasteiger partial charge >= 0.3 is 0 Å². The molecule has 0 aliphatic carbocycles. The van der Waals surface area contributed by atoms with Crippen LogP contribution in [0.2, 0.25) is 0 Å². The highest BCUT2D eigenvalue weighted by atomic mass is 79.9. The number of aromatic nitrogens is 2. The number of carbonyl (C=O) groups is 1. The molecule has 0 saturated carbocycles. The number of amides is 1. The van der Waals surface area contributed by atoms with E-state index < -0.39 is 0 Å². The van der Waals surface area contributed by atoms with Gasteiger partial charge in [-0.05, 0) is 19.1 Å². The maximum atomic E-state index is 11.7. The minimum atomic E-state index is 0.0131. The van der Waals surface area contributed by atoms with E-state index in [1.165, 1.54) is 23.1 Å². The maximum Gasteiger partial charge on any atom is 0.229 e. The van der Waals surface area contributed by atoms with Gasteiger partial charge in [0.2, 0.25) is 11.0 Å². The summed E-state index contributed by atoms with van der Waals surface area (Å²) in [4.78, 5) is 11.7. The van der Waals surface area contributed by atoms with Crippen molar-refractivity contribution >= 4 is 50.1 Å². The van der Waals surface area contributed by atoms with Crippen molar-refractivity contribution in [3.63, 3.8) is 0 Å². The van der Waals surface area contributed by atoms with Gasteiger partial charge in [0, 0.05) is 11.2 Å². The first-order chi connectivity index (χ1) is 7.67. The van der Waals surface area contributed by atoms with Crippen molar-refractivity contribution in [2.45, 2.75) is 24.1 Å². The number of nitrogens with one attached hydrogen (secondary N) is 1. The van der Waals surface area contributed by atoms with E-state index in [-0.39, 0.29) is 11.8 Å². The van der Waals surface area contributed by atoms with E-state index in [0.717, 1.165) is 22.5 Å². The molecule has 0 spiro atoms. The number of nitrogens with zero attached hydrogens (tertiary/aromatic N) is 2. The molecule has 0 aliphatic heterocycles. The summed E-state index contributed by atoms with van der Waals surface area (Å²) in [5.41, 5.74) is 0. The minimum Gasteiger partial charge on any atom is -0.300 e. The average Bonchev–Trinajstić information content (AvgIpc) is 2.73. The second kappa shape index (κ2) is 7.24. The second-order valence-electron chi connectivity index (χ2n) is 3.30. The third kappa shape index (κ3) is 4.39. The highest BCUT2D eigenvalue weighted by Crippen LogP contribution is 2.23. The highest BCUT2D eigenvalue weighted by Gasteiger charge is 2.14. The first-order valence-corrected chi connectivity index (χ1v) is 8.08. The van der Waals surface area contributed by atoms with Crippen molar-refractivity contribution in [1.29, 1.82) is 0 Å². The zero-order chi connectivity index (χ0) is 12.0. The van der Waals surface area contributed by atoms with E-state index in [2.05, 4.69) is 31.4 Å². The van der Waals surface area contributed by atoms with Gasteiger partial charge in [-0.15, -0.1) is 10.2 Å². The van der Waals surface area contributed by atoms with Gasteiger partial charge in [-0.25, -0.2) is 0 Å². The summed E-state index contributed by atoms with van der Waals surface area (Å²) >= 11 is 6.28. The molecule has 1 rings (SSSR count). The van der Waals surface area contributed by atoms with Crippen LogP contribution >= 0.6 is 39.0 Å². The molecule has 0 aliphatic rings. The smallest absolute Gasteiger partial charge is 0.229 e. The van der Waals surface area contributed by atoms with Crippen molar-refractivity contribution in [3.05, 3.63) is 0 Å². The fourth-order valence-electron chi connectivity index (χ4n) is 1.09. The molecule has 0 aromatic carbocycles. The van der Waals surface area contributed by atoms with Crippen LogP contribution in [0.1, 0.15) is 19.8 Å². The van der Waals surface area contributed by atoms with Gasteiger partial charge in [-0.3, -0.25) is 4.79 Å². The van der Waals surface area contributed by atoms with Gasteiger partial charge in [0.05, 0.1) is 0 Å². The number of hydrogen-bond donors (Lipinski definition) is 1. The van der Waals surface area contributed by atoms with Crippen molar-refractivity contribution in [2.75, 3.05) is 16.9 Å². The van der Waals surface area contributed by atoms with E-state index >= 15 is 0 Å². The molecule has 0 saturated heterocycles. The molecule has 7 heteroatoms. The van der Waals surface area contributed by atoms with Crippen molar-refractivity contribution in [2.24, 2.45) is 5.92 Å². The van der Waals surface area contributed by atoms with Gasteiger partial charge in [0.15, 0.2) is 4.34 Å². The summed E-state index contributed by atoms with van der Waals surface area (Å²) in [6, 6.07) is 0. The Labute approximate surface area is 112 Å². The zero-order valence-corrected chi connectivity index (χ0v) is 12.4. The first-order valence-electron chi connectivity index (χ1n) is 4.91. The van der Waals surface area contributed by atoms with Crippen LogP contribution in [0, 0.1) is 5.92 Å². The molecular formula is C9H14BrN3OS2. The van der Waals surface area contributed by atoms with E-state index in [1.54, 1.807) is 0 Å². The molecule has 1 atom stereocenters. The molecule has 4 nitrogen and oxygen atoms in total. The molecule has 1 aromatic rings. The molecule has 0 radical (unpaired) electrons. The largest absolute Gasteiger partial charge is 0.300 e. The van der Waals surface area contributed by atoms with Gasteiger partial charge < -0.3 is 5.32 Å². The summed E-state index contributed by atoms with van der Waals surface area (Å²) in [6.45, 7) is 1.93. The van der Waals surface area contributed by atoms with Crippen molar-refractivity contribution in [1.82, 2.24) is 10.2 Å². The molecule has 1 heterocycles. The van der Waals surface area contributed by atoms with Crippen LogP contribution in [0.25, 0.3) is 0 Å². The van der Waals surface area contributed by atoms with Crippen molar-refractivity contribution < 1.29 is 4.79 Å². The number of hydrogen-bond acceptors (Lipinski definition) is 5. The van der Waals surface area contributed by atoms with Crippen LogP contribution in [0.15, 0.2) is 4.34 Å². The fourth-order valence-corrected chi connectivity index (χ4v) is 2.58. The number of carbonyl (C=O) groups excluding carboxylic acids is 1. The summed E-state index contributed by atoms with van der Waals surface area (Å²) in [6.07, 6.45) is 3.82. The quantitative estimate of drug-likeness (QED) is 0.496. The normalized spacial score (nSPS) is 12.4.